The number of carboxylic acids is 1. The zero-order valence-corrected chi connectivity index (χ0v) is 8.21. The molecule has 0 radical (unpaired) electrons. The van der Waals surface area contributed by atoms with Crippen molar-refractivity contribution in [3.63, 3.8) is 0 Å². The molecule has 0 aromatic carbocycles. The molecule has 0 spiro atoms. The molecule has 6 heteroatoms. The van der Waals surface area contributed by atoms with Crippen molar-refractivity contribution >= 4 is 11.9 Å². The van der Waals surface area contributed by atoms with Crippen LogP contribution in [0.5, 0.6) is 0 Å². The van der Waals surface area contributed by atoms with Crippen LogP contribution in [-0.4, -0.2) is 40.9 Å². The quantitative estimate of drug-likeness (QED) is 0.773. The number of halogens is 2. The van der Waals surface area contributed by atoms with Gasteiger partial charge < -0.3 is 10.0 Å². The van der Waals surface area contributed by atoms with Gasteiger partial charge in [-0.3, -0.25) is 9.59 Å². The van der Waals surface area contributed by atoms with Crippen LogP contribution in [0.4, 0.5) is 8.78 Å². The van der Waals surface area contributed by atoms with Gasteiger partial charge in [-0.1, -0.05) is 0 Å². The van der Waals surface area contributed by atoms with E-state index in [0.717, 1.165) is 4.90 Å². The lowest BCUT2D eigenvalue weighted by Gasteiger charge is -2.32. The van der Waals surface area contributed by atoms with Gasteiger partial charge in [-0.2, -0.15) is 0 Å². The van der Waals surface area contributed by atoms with Crippen molar-refractivity contribution < 1.29 is 23.5 Å². The number of nitrogens with zero attached hydrogens (tertiary/aromatic N) is 1. The lowest BCUT2D eigenvalue weighted by Crippen LogP contribution is -2.46. The second kappa shape index (κ2) is 4.55. The van der Waals surface area contributed by atoms with Crippen LogP contribution >= 0.6 is 0 Å². The Kier molecular flexibility index (Phi) is 3.60. The number of carboxylic acid groups (broad SMARTS) is 1. The van der Waals surface area contributed by atoms with Crippen LogP contribution in [-0.2, 0) is 9.59 Å². The van der Waals surface area contributed by atoms with Gasteiger partial charge in [0, 0.05) is 25.8 Å². The highest BCUT2D eigenvalue weighted by Crippen LogP contribution is 2.27. The number of alkyl halides is 2. The summed E-state index contributed by atoms with van der Waals surface area (Å²) in [5.74, 6) is -4.12. The molecule has 0 atom stereocenters. The third-order valence-corrected chi connectivity index (χ3v) is 2.30. The molecular formula is C9H13F2NO3. The Labute approximate surface area is 85.9 Å². The van der Waals surface area contributed by atoms with E-state index in [1.165, 1.54) is 0 Å². The van der Waals surface area contributed by atoms with E-state index in [-0.39, 0.29) is 31.7 Å². The Bertz CT molecular complexity index is 268. The fourth-order valence-electron chi connectivity index (χ4n) is 1.52. The van der Waals surface area contributed by atoms with E-state index >= 15 is 0 Å². The maximum absolute atomic E-state index is 12.9. The summed E-state index contributed by atoms with van der Waals surface area (Å²) in [7, 11) is 0. The number of carbonyl (C=O) groups is 2. The van der Waals surface area contributed by atoms with Crippen LogP contribution < -0.4 is 0 Å². The van der Waals surface area contributed by atoms with Gasteiger partial charge in [0.25, 0.3) is 5.92 Å². The van der Waals surface area contributed by atoms with Gasteiger partial charge in [0.1, 0.15) is 0 Å². The minimum atomic E-state index is -2.82. The lowest BCUT2D eigenvalue weighted by molar-refractivity contribution is -0.147. The molecule has 1 amide bonds. The van der Waals surface area contributed by atoms with Gasteiger partial charge in [-0.25, -0.2) is 8.78 Å². The Morgan fingerprint density at radius 3 is 2.80 bits per heavy atom. The van der Waals surface area contributed by atoms with Crippen molar-refractivity contribution in [1.29, 1.82) is 0 Å². The monoisotopic (exact) mass is 221 g/mol. The van der Waals surface area contributed by atoms with Gasteiger partial charge in [-0.05, 0) is 6.42 Å². The first-order valence-electron chi connectivity index (χ1n) is 4.78. The van der Waals surface area contributed by atoms with Gasteiger partial charge in [0.15, 0.2) is 0 Å². The molecule has 15 heavy (non-hydrogen) atoms. The van der Waals surface area contributed by atoms with Crippen LogP contribution in [0.2, 0.25) is 0 Å². The number of carbonyl (C=O) groups excluding carboxylic acids is 1. The second-order valence-electron chi connectivity index (χ2n) is 3.67. The Morgan fingerprint density at radius 1 is 1.53 bits per heavy atom. The molecular weight excluding hydrogens is 208 g/mol. The first-order valence-corrected chi connectivity index (χ1v) is 4.78. The van der Waals surface area contributed by atoms with E-state index in [2.05, 4.69) is 0 Å². The summed E-state index contributed by atoms with van der Waals surface area (Å²) in [4.78, 5) is 22.4. The highest BCUT2D eigenvalue weighted by molar-refractivity contribution is 5.77. The molecule has 0 aliphatic carbocycles. The average Bonchev–Trinajstić information content (AvgIpc) is 2.10. The molecule has 1 saturated heterocycles. The number of rotatable bonds is 4. The fourth-order valence-corrected chi connectivity index (χ4v) is 1.52. The number of likely N-dealkylation sites (tertiary alicyclic amines) is 1. The topological polar surface area (TPSA) is 57.6 Å². The van der Waals surface area contributed by atoms with Gasteiger partial charge in [0.2, 0.25) is 5.91 Å². The SMILES string of the molecule is O=C(O)CCCN1CC(F)(F)CCC1=O. The Balaban J connectivity index is 2.38. The van der Waals surface area contributed by atoms with E-state index < -0.39 is 24.9 Å². The van der Waals surface area contributed by atoms with E-state index in [0.29, 0.717) is 0 Å². The maximum Gasteiger partial charge on any atom is 0.303 e. The second-order valence-corrected chi connectivity index (χ2v) is 3.67. The summed E-state index contributed by atoms with van der Waals surface area (Å²) in [6.07, 6.45) is -0.437. The van der Waals surface area contributed by atoms with Gasteiger partial charge in [-0.15, -0.1) is 0 Å². The third kappa shape index (κ3) is 3.81. The van der Waals surface area contributed by atoms with Crippen molar-refractivity contribution in [3.8, 4) is 0 Å². The smallest absolute Gasteiger partial charge is 0.303 e. The van der Waals surface area contributed by atoms with Crippen LogP contribution in [0, 0.1) is 0 Å². The largest absolute Gasteiger partial charge is 0.481 e. The van der Waals surface area contributed by atoms with Crippen LogP contribution in [0.3, 0.4) is 0 Å². The van der Waals surface area contributed by atoms with E-state index in [9.17, 15) is 18.4 Å². The van der Waals surface area contributed by atoms with Crippen LogP contribution in [0.1, 0.15) is 25.7 Å². The van der Waals surface area contributed by atoms with Crippen molar-refractivity contribution in [2.24, 2.45) is 0 Å². The van der Waals surface area contributed by atoms with E-state index in [4.69, 9.17) is 5.11 Å². The number of aliphatic carboxylic acids is 1. The predicted molar refractivity (Wildman–Crippen MR) is 47.6 cm³/mol. The first-order chi connectivity index (χ1) is 6.91. The lowest BCUT2D eigenvalue weighted by atomic mass is 10.1. The molecule has 1 N–H and O–H groups in total. The minimum Gasteiger partial charge on any atom is -0.481 e. The number of hydrogen-bond donors (Lipinski definition) is 1. The predicted octanol–water partition coefficient (Wildman–Crippen LogP) is 1.11. The molecule has 0 bridgehead atoms. The van der Waals surface area contributed by atoms with Gasteiger partial charge in [0.05, 0.1) is 6.54 Å². The van der Waals surface area contributed by atoms with E-state index in [1.54, 1.807) is 0 Å². The molecule has 86 valence electrons. The normalized spacial score (nSPS) is 20.4. The molecule has 0 saturated carbocycles. The van der Waals surface area contributed by atoms with Gasteiger partial charge >= 0.3 is 5.97 Å². The first kappa shape index (κ1) is 11.9. The average molecular weight is 221 g/mol. The van der Waals surface area contributed by atoms with Crippen LogP contribution in [0.25, 0.3) is 0 Å². The Morgan fingerprint density at radius 2 is 2.20 bits per heavy atom. The van der Waals surface area contributed by atoms with Crippen molar-refractivity contribution in [3.05, 3.63) is 0 Å². The molecule has 1 heterocycles. The highest BCUT2D eigenvalue weighted by atomic mass is 19.3. The molecule has 0 unspecified atom stereocenters. The maximum atomic E-state index is 12.9. The number of piperidine rings is 1. The molecule has 1 aliphatic heterocycles. The summed E-state index contributed by atoms with van der Waals surface area (Å²) in [6.45, 7) is -0.480. The summed E-state index contributed by atoms with van der Waals surface area (Å²) in [5.41, 5.74) is 0. The third-order valence-electron chi connectivity index (χ3n) is 2.30. The Hall–Kier alpha value is -1.20. The number of amides is 1. The van der Waals surface area contributed by atoms with E-state index in [1.807, 2.05) is 0 Å². The summed E-state index contributed by atoms with van der Waals surface area (Å²) in [5, 5.41) is 8.36. The molecule has 1 aliphatic rings. The summed E-state index contributed by atoms with van der Waals surface area (Å²) >= 11 is 0. The standard InChI is InChI=1S/C9H13F2NO3/c10-9(11)4-3-7(13)12(6-9)5-1-2-8(14)15/h1-6H2,(H,14,15). The highest BCUT2D eigenvalue weighted by Gasteiger charge is 2.38. The van der Waals surface area contributed by atoms with Crippen LogP contribution in [0.15, 0.2) is 0 Å². The molecule has 0 aromatic heterocycles. The summed E-state index contributed by atoms with van der Waals surface area (Å²) < 4.78 is 25.8. The van der Waals surface area contributed by atoms with Crippen molar-refractivity contribution in [2.45, 2.75) is 31.6 Å². The molecule has 0 aromatic rings. The zero-order chi connectivity index (χ0) is 11.5. The molecule has 1 rings (SSSR count). The minimum absolute atomic E-state index is 0.0979. The van der Waals surface area contributed by atoms with Crippen molar-refractivity contribution in [2.75, 3.05) is 13.1 Å². The molecule has 1 fully saturated rings. The zero-order valence-electron chi connectivity index (χ0n) is 8.21. The fraction of sp³-hybridized carbons (Fsp3) is 0.778. The number of hydrogen-bond acceptors (Lipinski definition) is 2. The molecule has 4 nitrogen and oxygen atoms in total. The summed E-state index contributed by atoms with van der Waals surface area (Å²) in [6, 6.07) is 0. The van der Waals surface area contributed by atoms with Crippen molar-refractivity contribution in [1.82, 2.24) is 4.90 Å².